The Balaban J connectivity index is 1.54. The van der Waals surface area contributed by atoms with Crippen LogP contribution in [0, 0.1) is 3.57 Å². The van der Waals surface area contributed by atoms with Gasteiger partial charge in [0, 0.05) is 25.5 Å². The van der Waals surface area contributed by atoms with Gasteiger partial charge in [0.1, 0.15) is 10.7 Å². The van der Waals surface area contributed by atoms with Crippen LogP contribution in [0.15, 0.2) is 83.5 Å². The van der Waals surface area contributed by atoms with Crippen LogP contribution in [0.4, 0.5) is 17.1 Å². The Morgan fingerprint density at radius 3 is 2.28 bits per heavy atom. The molecule has 0 bridgehead atoms. The highest BCUT2D eigenvalue weighted by molar-refractivity contribution is 14.1. The van der Waals surface area contributed by atoms with Crippen LogP contribution < -0.4 is 15.5 Å². The van der Waals surface area contributed by atoms with Gasteiger partial charge in [-0.2, -0.15) is 0 Å². The molecule has 0 spiro atoms. The summed E-state index contributed by atoms with van der Waals surface area (Å²) < 4.78 is 1.06. The van der Waals surface area contributed by atoms with Crippen LogP contribution in [0.1, 0.15) is 10.4 Å². The predicted molar refractivity (Wildman–Crippen MR) is 134 cm³/mol. The van der Waals surface area contributed by atoms with E-state index in [4.69, 9.17) is 23.2 Å². The lowest BCUT2D eigenvalue weighted by atomic mass is 10.1. The zero-order chi connectivity index (χ0) is 22.8. The molecule has 2 N–H and O–H groups in total. The van der Waals surface area contributed by atoms with Crippen LogP contribution in [0.5, 0.6) is 0 Å². The highest BCUT2D eigenvalue weighted by atomic mass is 127. The van der Waals surface area contributed by atoms with Gasteiger partial charge >= 0.3 is 0 Å². The molecule has 0 saturated carbocycles. The van der Waals surface area contributed by atoms with Crippen LogP contribution in [0.2, 0.25) is 5.02 Å². The standard InChI is InChI=1S/C23H14Cl2IN3O3/c24-14-4-2-6-18(12-14)29-22(31)19(25)20(23(29)32)27-17-5-1-3-13(11-17)21(30)28-16-9-7-15(26)8-10-16/h1-12,27H,(H,28,30). The number of halogens is 3. The predicted octanol–water partition coefficient (Wildman–Crippen LogP) is 5.63. The van der Waals surface area contributed by atoms with Crippen molar-refractivity contribution in [3.8, 4) is 0 Å². The third-order valence-corrected chi connectivity index (χ3v) is 5.89. The van der Waals surface area contributed by atoms with Crippen LogP contribution in [0.25, 0.3) is 0 Å². The number of benzene rings is 3. The topological polar surface area (TPSA) is 78.5 Å². The molecule has 0 radical (unpaired) electrons. The Morgan fingerprint density at radius 1 is 0.844 bits per heavy atom. The number of carbonyl (C=O) groups is 3. The third kappa shape index (κ3) is 4.64. The van der Waals surface area contributed by atoms with Gasteiger partial charge < -0.3 is 10.6 Å². The SMILES string of the molecule is O=C(Nc1ccc(I)cc1)c1cccc(NC2=C(Cl)C(=O)N(c3cccc(Cl)c3)C2=O)c1. The first-order valence-corrected chi connectivity index (χ1v) is 11.1. The normalized spacial score (nSPS) is 13.5. The molecule has 3 aromatic carbocycles. The molecule has 0 fully saturated rings. The molecule has 4 rings (SSSR count). The third-order valence-electron chi connectivity index (χ3n) is 4.59. The van der Waals surface area contributed by atoms with Crippen LogP contribution in [0.3, 0.4) is 0 Å². The van der Waals surface area contributed by atoms with Crippen molar-refractivity contribution in [3.63, 3.8) is 0 Å². The van der Waals surface area contributed by atoms with E-state index in [1.807, 2.05) is 12.1 Å². The zero-order valence-corrected chi connectivity index (χ0v) is 19.9. The summed E-state index contributed by atoms with van der Waals surface area (Å²) in [5, 5.41) is 5.82. The van der Waals surface area contributed by atoms with E-state index in [0.717, 1.165) is 8.47 Å². The van der Waals surface area contributed by atoms with Gasteiger partial charge in [-0.15, -0.1) is 0 Å². The summed E-state index contributed by atoms with van der Waals surface area (Å²) in [6, 6.07) is 20.3. The van der Waals surface area contributed by atoms with Gasteiger partial charge in [-0.1, -0.05) is 35.3 Å². The summed E-state index contributed by atoms with van der Waals surface area (Å²) in [6.07, 6.45) is 0. The fourth-order valence-electron chi connectivity index (χ4n) is 3.08. The molecule has 3 aromatic rings. The average Bonchev–Trinajstić information content (AvgIpc) is 2.98. The first-order valence-electron chi connectivity index (χ1n) is 9.31. The first kappa shape index (κ1) is 22.3. The minimum Gasteiger partial charge on any atom is -0.350 e. The lowest BCUT2D eigenvalue weighted by Gasteiger charge is -2.15. The average molecular weight is 578 g/mol. The van der Waals surface area contributed by atoms with E-state index < -0.39 is 11.8 Å². The Labute approximate surface area is 207 Å². The lowest BCUT2D eigenvalue weighted by Crippen LogP contribution is -2.32. The second kappa shape index (κ2) is 9.32. The van der Waals surface area contributed by atoms with Gasteiger partial charge in [0.2, 0.25) is 0 Å². The van der Waals surface area contributed by atoms with Crippen molar-refractivity contribution in [2.45, 2.75) is 0 Å². The summed E-state index contributed by atoms with van der Waals surface area (Å²) in [4.78, 5) is 39.1. The minimum atomic E-state index is -0.658. The number of nitrogens with one attached hydrogen (secondary N) is 2. The highest BCUT2D eigenvalue weighted by Gasteiger charge is 2.39. The van der Waals surface area contributed by atoms with E-state index >= 15 is 0 Å². The molecule has 0 saturated heterocycles. The molecule has 3 amide bonds. The molecule has 0 unspecified atom stereocenters. The molecule has 32 heavy (non-hydrogen) atoms. The van der Waals surface area contributed by atoms with Gasteiger partial charge in [0.05, 0.1) is 5.69 Å². The molecule has 0 aliphatic carbocycles. The zero-order valence-electron chi connectivity index (χ0n) is 16.2. The maximum Gasteiger partial charge on any atom is 0.283 e. The molecule has 9 heteroatoms. The molecular formula is C23H14Cl2IN3O3. The van der Waals surface area contributed by atoms with Crippen molar-refractivity contribution in [1.29, 1.82) is 0 Å². The van der Waals surface area contributed by atoms with Crippen LogP contribution in [-0.4, -0.2) is 17.7 Å². The Hall–Kier alpha value is -2.88. The van der Waals surface area contributed by atoms with Gasteiger partial charge in [0.25, 0.3) is 17.7 Å². The second-order valence-corrected chi connectivity index (χ2v) is 8.84. The number of rotatable bonds is 5. The number of amides is 3. The van der Waals surface area contributed by atoms with Crippen molar-refractivity contribution in [2.24, 2.45) is 0 Å². The van der Waals surface area contributed by atoms with E-state index in [-0.39, 0.29) is 16.6 Å². The fraction of sp³-hybridized carbons (Fsp3) is 0. The van der Waals surface area contributed by atoms with Crippen LogP contribution in [-0.2, 0) is 9.59 Å². The first-order chi connectivity index (χ1) is 15.3. The Morgan fingerprint density at radius 2 is 1.56 bits per heavy atom. The summed E-state index contributed by atoms with van der Waals surface area (Å²) in [6.45, 7) is 0. The van der Waals surface area contributed by atoms with E-state index in [1.54, 1.807) is 54.6 Å². The summed E-state index contributed by atoms with van der Waals surface area (Å²) in [5.41, 5.74) is 1.70. The summed E-state index contributed by atoms with van der Waals surface area (Å²) >= 11 is 14.3. The smallest absolute Gasteiger partial charge is 0.283 e. The van der Waals surface area contributed by atoms with Gasteiger partial charge in [-0.05, 0) is 83.3 Å². The Kier molecular flexibility index (Phi) is 6.50. The van der Waals surface area contributed by atoms with Crippen molar-refractivity contribution in [3.05, 3.63) is 97.7 Å². The molecule has 0 atom stereocenters. The van der Waals surface area contributed by atoms with Crippen LogP contribution >= 0.6 is 45.8 Å². The quantitative estimate of drug-likeness (QED) is 0.304. The molecule has 1 aliphatic rings. The number of anilines is 3. The van der Waals surface area contributed by atoms with Gasteiger partial charge in [-0.3, -0.25) is 14.4 Å². The monoisotopic (exact) mass is 577 g/mol. The largest absolute Gasteiger partial charge is 0.350 e. The number of carbonyl (C=O) groups excluding carboxylic acids is 3. The van der Waals surface area contributed by atoms with E-state index in [9.17, 15) is 14.4 Å². The van der Waals surface area contributed by atoms with Gasteiger partial charge in [-0.25, -0.2) is 4.90 Å². The molecule has 160 valence electrons. The number of nitrogens with zero attached hydrogens (tertiary/aromatic N) is 1. The summed E-state index contributed by atoms with van der Waals surface area (Å²) in [5.74, 6) is -1.59. The molecule has 1 heterocycles. The minimum absolute atomic E-state index is 0.0770. The molecule has 0 aromatic heterocycles. The highest BCUT2D eigenvalue weighted by Crippen LogP contribution is 2.31. The maximum atomic E-state index is 12.9. The van der Waals surface area contributed by atoms with Crippen molar-refractivity contribution in [1.82, 2.24) is 0 Å². The van der Waals surface area contributed by atoms with E-state index in [2.05, 4.69) is 33.2 Å². The second-order valence-electron chi connectivity index (χ2n) is 6.78. The summed E-state index contributed by atoms with van der Waals surface area (Å²) in [7, 11) is 0. The van der Waals surface area contributed by atoms with Crippen molar-refractivity contribution >= 4 is 80.6 Å². The van der Waals surface area contributed by atoms with E-state index in [1.165, 1.54) is 6.07 Å². The Bertz CT molecular complexity index is 1280. The molecule has 6 nitrogen and oxygen atoms in total. The van der Waals surface area contributed by atoms with Crippen molar-refractivity contribution < 1.29 is 14.4 Å². The molecule has 1 aliphatic heterocycles. The molecular weight excluding hydrogens is 564 g/mol. The number of hydrogen-bond acceptors (Lipinski definition) is 4. The van der Waals surface area contributed by atoms with Crippen molar-refractivity contribution in [2.75, 3.05) is 15.5 Å². The lowest BCUT2D eigenvalue weighted by molar-refractivity contribution is -0.120. The van der Waals surface area contributed by atoms with Gasteiger partial charge in [0.15, 0.2) is 0 Å². The maximum absolute atomic E-state index is 12.9. The fourth-order valence-corrected chi connectivity index (χ4v) is 3.84. The number of imide groups is 1. The number of hydrogen-bond donors (Lipinski definition) is 2. The van der Waals surface area contributed by atoms with E-state index in [0.29, 0.717) is 27.6 Å².